The van der Waals surface area contributed by atoms with Crippen molar-refractivity contribution in [2.75, 3.05) is 6.61 Å². The maximum Gasteiger partial charge on any atom is 0.119 e. The fourth-order valence-electron chi connectivity index (χ4n) is 3.50. The van der Waals surface area contributed by atoms with E-state index in [1.807, 2.05) is 6.07 Å². The Kier molecular flexibility index (Phi) is 7.15. The summed E-state index contributed by atoms with van der Waals surface area (Å²) in [6.45, 7) is 20.0. The van der Waals surface area contributed by atoms with Crippen LogP contribution in [0.3, 0.4) is 0 Å². The Hall–Kier alpha value is -1.02. The molecule has 0 aromatic heterocycles. The number of aromatic hydroxyl groups is 1. The minimum absolute atomic E-state index is 0.0705. The van der Waals surface area contributed by atoms with Crippen molar-refractivity contribution < 1.29 is 10.2 Å². The number of phenolic OH excluding ortho intramolecular Hbond substituents is 1. The molecule has 144 valence electrons. The van der Waals surface area contributed by atoms with Crippen LogP contribution in [0.25, 0.3) is 0 Å². The molecular weight excluding hydrogens is 308 g/mol. The second-order valence-corrected chi connectivity index (χ2v) is 10.2. The van der Waals surface area contributed by atoms with Crippen molar-refractivity contribution in [3.63, 3.8) is 0 Å². The van der Waals surface area contributed by atoms with Crippen molar-refractivity contribution in [1.29, 1.82) is 0 Å². The van der Waals surface area contributed by atoms with Gasteiger partial charge in [-0.25, -0.2) is 0 Å². The Morgan fingerprint density at radius 1 is 1.00 bits per heavy atom. The lowest BCUT2D eigenvalue weighted by atomic mass is 9.72. The molecule has 0 saturated heterocycles. The maximum absolute atomic E-state index is 10.4. The number of phenols is 1. The first-order chi connectivity index (χ1) is 11.3. The number of aryl methyl sites for hydroxylation is 1. The SMILES string of the molecule is Cc1cc(O)c(C(C)(C)C)cc1CC(CC(CO)C(C)(C)C)C(C)C. The van der Waals surface area contributed by atoms with E-state index in [9.17, 15) is 10.2 Å². The van der Waals surface area contributed by atoms with E-state index in [4.69, 9.17) is 0 Å². The minimum atomic E-state index is -0.0705. The Morgan fingerprint density at radius 2 is 1.56 bits per heavy atom. The zero-order valence-electron chi connectivity index (χ0n) is 17.9. The van der Waals surface area contributed by atoms with Crippen LogP contribution in [0.2, 0.25) is 0 Å². The average molecular weight is 349 g/mol. The molecule has 2 unspecified atom stereocenters. The number of aliphatic hydroxyl groups excluding tert-OH is 1. The van der Waals surface area contributed by atoms with Crippen molar-refractivity contribution >= 4 is 0 Å². The van der Waals surface area contributed by atoms with Gasteiger partial charge < -0.3 is 10.2 Å². The molecule has 0 saturated carbocycles. The number of hydrogen-bond acceptors (Lipinski definition) is 2. The smallest absolute Gasteiger partial charge is 0.119 e. The lowest BCUT2D eigenvalue weighted by Crippen LogP contribution is -2.29. The van der Waals surface area contributed by atoms with E-state index in [2.05, 4.69) is 68.4 Å². The molecule has 0 aliphatic heterocycles. The third kappa shape index (κ3) is 6.02. The lowest BCUT2D eigenvalue weighted by Gasteiger charge is -2.34. The number of hydrogen-bond donors (Lipinski definition) is 2. The van der Waals surface area contributed by atoms with Gasteiger partial charge in [0.2, 0.25) is 0 Å². The molecule has 2 heteroatoms. The molecule has 0 heterocycles. The largest absolute Gasteiger partial charge is 0.508 e. The van der Waals surface area contributed by atoms with Gasteiger partial charge in [-0.2, -0.15) is 0 Å². The van der Waals surface area contributed by atoms with Crippen LogP contribution < -0.4 is 0 Å². The average Bonchev–Trinajstić information content (AvgIpc) is 2.42. The number of rotatable bonds is 6. The molecule has 0 aliphatic rings. The van der Waals surface area contributed by atoms with Crippen molar-refractivity contribution in [1.82, 2.24) is 0 Å². The Balaban J connectivity index is 3.14. The molecular formula is C23H40O2. The van der Waals surface area contributed by atoms with Gasteiger partial charge in [-0.3, -0.25) is 0 Å². The van der Waals surface area contributed by atoms with Crippen LogP contribution in [0.4, 0.5) is 0 Å². The highest BCUT2D eigenvalue weighted by Crippen LogP contribution is 2.37. The standard InChI is InChI=1S/C23H40O2/c1-15(2)17(12-19(14-24)22(4,5)6)11-18-13-20(23(7,8)9)21(25)10-16(18)3/h10,13,15,17,19,24-25H,11-12,14H2,1-9H3. The molecule has 0 amide bonds. The Bertz CT molecular complexity index is 559. The summed E-state index contributed by atoms with van der Waals surface area (Å²) in [5.41, 5.74) is 3.55. The number of benzene rings is 1. The molecule has 25 heavy (non-hydrogen) atoms. The summed E-state index contributed by atoms with van der Waals surface area (Å²) in [4.78, 5) is 0. The van der Waals surface area contributed by atoms with Crippen LogP contribution in [-0.4, -0.2) is 16.8 Å². The van der Waals surface area contributed by atoms with E-state index in [0.29, 0.717) is 23.5 Å². The molecule has 0 spiro atoms. The van der Waals surface area contributed by atoms with Gasteiger partial charge in [0, 0.05) is 6.61 Å². The first-order valence-corrected chi connectivity index (χ1v) is 9.71. The van der Waals surface area contributed by atoms with Crippen LogP contribution in [-0.2, 0) is 11.8 Å². The van der Waals surface area contributed by atoms with Crippen LogP contribution in [0.15, 0.2) is 12.1 Å². The maximum atomic E-state index is 10.4. The van der Waals surface area contributed by atoms with Crippen LogP contribution in [0.1, 0.15) is 78.5 Å². The topological polar surface area (TPSA) is 40.5 Å². The summed E-state index contributed by atoms with van der Waals surface area (Å²) in [6, 6.07) is 4.12. The fourth-order valence-corrected chi connectivity index (χ4v) is 3.50. The first kappa shape index (κ1) is 22.0. The summed E-state index contributed by atoms with van der Waals surface area (Å²) in [6.07, 6.45) is 2.03. The Labute approximate surface area is 155 Å². The van der Waals surface area contributed by atoms with Gasteiger partial charge in [0.05, 0.1) is 0 Å². The second-order valence-electron chi connectivity index (χ2n) is 10.2. The highest BCUT2D eigenvalue weighted by molar-refractivity contribution is 5.45. The van der Waals surface area contributed by atoms with E-state index < -0.39 is 0 Å². The van der Waals surface area contributed by atoms with Gasteiger partial charge in [0.15, 0.2) is 0 Å². The summed E-state index contributed by atoms with van der Waals surface area (Å²) in [5, 5.41) is 20.2. The van der Waals surface area contributed by atoms with E-state index in [1.165, 1.54) is 5.56 Å². The van der Waals surface area contributed by atoms with E-state index in [-0.39, 0.29) is 17.4 Å². The molecule has 1 rings (SSSR count). The van der Waals surface area contributed by atoms with Crippen molar-refractivity contribution in [2.24, 2.45) is 23.2 Å². The molecule has 1 aromatic rings. The van der Waals surface area contributed by atoms with Gasteiger partial charge in [-0.1, -0.05) is 61.5 Å². The van der Waals surface area contributed by atoms with Crippen LogP contribution >= 0.6 is 0 Å². The van der Waals surface area contributed by atoms with E-state index in [0.717, 1.165) is 24.0 Å². The zero-order chi connectivity index (χ0) is 19.6. The fraction of sp³-hybridized carbons (Fsp3) is 0.739. The molecule has 2 atom stereocenters. The van der Waals surface area contributed by atoms with Crippen molar-refractivity contribution in [3.05, 3.63) is 28.8 Å². The van der Waals surface area contributed by atoms with Crippen LogP contribution in [0.5, 0.6) is 5.75 Å². The summed E-state index contributed by atoms with van der Waals surface area (Å²) in [5.74, 6) is 1.78. The number of aliphatic hydroxyl groups is 1. The van der Waals surface area contributed by atoms with E-state index >= 15 is 0 Å². The van der Waals surface area contributed by atoms with Crippen LogP contribution in [0, 0.1) is 30.1 Å². The van der Waals surface area contributed by atoms with Crippen molar-refractivity contribution in [2.45, 2.75) is 80.6 Å². The van der Waals surface area contributed by atoms with Gasteiger partial charge in [-0.05, 0) is 71.1 Å². The van der Waals surface area contributed by atoms with Gasteiger partial charge >= 0.3 is 0 Å². The Morgan fingerprint density at radius 3 is 1.96 bits per heavy atom. The molecule has 2 N–H and O–H groups in total. The highest BCUT2D eigenvalue weighted by Gasteiger charge is 2.29. The molecule has 0 radical (unpaired) electrons. The molecule has 0 fully saturated rings. The third-order valence-electron chi connectivity index (χ3n) is 5.72. The molecule has 0 bridgehead atoms. The minimum Gasteiger partial charge on any atom is -0.508 e. The highest BCUT2D eigenvalue weighted by atomic mass is 16.3. The molecule has 0 aliphatic carbocycles. The molecule has 1 aromatic carbocycles. The third-order valence-corrected chi connectivity index (χ3v) is 5.72. The predicted molar refractivity (Wildman–Crippen MR) is 108 cm³/mol. The first-order valence-electron chi connectivity index (χ1n) is 9.71. The van der Waals surface area contributed by atoms with Gasteiger partial charge in [0.1, 0.15) is 5.75 Å². The van der Waals surface area contributed by atoms with Gasteiger partial charge in [0.25, 0.3) is 0 Å². The molecule has 2 nitrogen and oxygen atoms in total. The lowest BCUT2D eigenvalue weighted by molar-refractivity contribution is 0.0975. The van der Waals surface area contributed by atoms with Gasteiger partial charge in [-0.15, -0.1) is 0 Å². The van der Waals surface area contributed by atoms with E-state index in [1.54, 1.807) is 0 Å². The summed E-state index contributed by atoms with van der Waals surface area (Å²) < 4.78 is 0. The quantitative estimate of drug-likeness (QED) is 0.676. The normalized spacial score (nSPS) is 15.5. The van der Waals surface area contributed by atoms with Crippen molar-refractivity contribution in [3.8, 4) is 5.75 Å². The predicted octanol–water partition coefficient (Wildman–Crippen LogP) is 5.86. The summed E-state index contributed by atoms with van der Waals surface area (Å²) in [7, 11) is 0. The monoisotopic (exact) mass is 348 g/mol. The summed E-state index contributed by atoms with van der Waals surface area (Å²) >= 11 is 0. The zero-order valence-corrected chi connectivity index (χ0v) is 17.9. The second kappa shape index (κ2) is 8.12.